The van der Waals surface area contributed by atoms with Crippen LogP contribution in [0.4, 0.5) is 0 Å². The fourth-order valence-electron chi connectivity index (χ4n) is 8.55. The van der Waals surface area contributed by atoms with Gasteiger partial charge in [-0.3, -0.25) is 19.2 Å². The van der Waals surface area contributed by atoms with Crippen LogP contribution in [0.15, 0.2) is 0 Å². The van der Waals surface area contributed by atoms with Crippen molar-refractivity contribution >= 4 is 23.5 Å². The lowest BCUT2D eigenvalue weighted by Gasteiger charge is -2.59. The molecular formula is C27H40O6. The first kappa shape index (κ1) is 24.4. The van der Waals surface area contributed by atoms with Crippen molar-refractivity contribution < 1.29 is 28.7 Å². The Bertz CT molecular complexity index is 834. The van der Waals surface area contributed by atoms with E-state index in [-0.39, 0.29) is 59.0 Å². The second-order valence-electron chi connectivity index (χ2n) is 11.8. The van der Waals surface area contributed by atoms with Crippen LogP contribution < -0.4 is 0 Å². The van der Waals surface area contributed by atoms with Gasteiger partial charge in [-0.15, -0.1) is 0 Å². The van der Waals surface area contributed by atoms with Crippen molar-refractivity contribution in [2.75, 3.05) is 7.11 Å². The van der Waals surface area contributed by atoms with Crippen molar-refractivity contribution in [3.63, 3.8) is 0 Å². The van der Waals surface area contributed by atoms with Crippen molar-refractivity contribution in [1.29, 1.82) is 0 Å². The number of hydrogen-bond acceptors (Lipinski definition) is 6. The first-order valence-corrected chi connectivity index (χ1v) is 12.8. The van der Waals surface area contributed by atoms with E-state index >= 15 is 0 Å². The summed E-state index contributed by atoms with van der Waals surface area (Å²) >= 11 is 0. The van der Waals surface area contributed by atoms with Gasteiger partial charge in [0.05, 0.1) is 7.11 Å². The Balaban J connectivity index is 1.56. The Morgan fingerprint density at radius 2 is 1.82 bits per heavy atom. The van der Waals surface area contributed by atoms with Gasteiger partial charge in [0.1, 0.15) is 17.7 Å². The van der Waals surface area contributed by atoms with Crippen LogP contribution in [0.3, 0.4) is 0 Å². The van der Waals surface area contributed by atoms with E-state index in [4.69, 9.17) is 9.47 Å². The largest absolute Gasteiger partial charge is 0.469 e. The second-order valence-corrected chi connectivity index (χ2v) is 11.8. The zero-order chi connectivity index (χ0) is 24.1. The van der Waals surface area contributed by atoms with Crippen LogP contribution in [0.1, 0.15) is 85.5 Å². The third kappa shape index (κ3) is 3.95. The van der Waals surface area contributed by atoms with E-state index in [1.807, 2.05) is 0 Å². The zero-order valence-corrected chi connectivity index (χ0v) is 20.9. The highest BCUT2D eigenvalue weighted by Gasteiger charge is 2.66. The molecule has 0 spiro atoms. The highest BCUT2D eigenvalue weighted by atomic mass is 16.5. The Hall–Kier alpha value is -1.72. The van der Waals surface area contributed by atoms with Gasteiger partial charge in [-0.2, -0.15) is 0 Å². The van der Waals surface area contributed by atoms with Crippen LogP contribution in [0.5, 0.6) is 0 Å². The van der Waals surface area contributed by atoms with Gasteiger partial charge in [-0.1, -0.05) is 20.8 Å². The molecule has 0 aromatic heterocycles. The Labute approximate surface area is 197 Å². The molecule has 0 heterocycles. The minimum atomic E-state index is -0.482. The van der Waals surface area contributed by atoms with Gasteiger partial charge in [0.2, 0.25) is 0 Å². The zero-order valence-electron chi connectivity index (χ0n) is 20.9. The van der Waals surface area contributed by atoms with E-state index in [0.29, 0.717) is 37.2 Å². The van der Waals surface area contributed by atoms with Gasteiger partial charge in [0.25, 0.3) is 0 Å². The molecule has 0 unspecified atom stereocenters. The fraction of sp³-hybridized carbons (Fsp3) is 0.852. The predicted molar refractivity (Wildman–Crippen MR) is 122 cm³/mol. The molecule has 0 aromatic rings. The van der Waals surface area contributed by atoms with Gasteiger partial charge in [0, 0.05) is 37.5 Å². The molecule has 0 radical (unpaired) electrons. The summed E-state index contributed by atoms with van der Waals surface area (Å²) in [6.45, 7) is 7.99. The molecule has 6 heteroatoms. The summed E-state index contributed by atoms with van der Waals surface area (Å²) in [6.07, 6.45) is 6.30. The third-order valence-electron chi connectivity index (χ3n) is 10.4. The minimum Gasteiger partial charge on any atom is -0.469 e. The smallest absolute Gasteiger partial charge is 0.305 e. The van der Waals surface area contributed by atoms with E-state index in [0.717, 1.165) is 32.1 Å². The number of ketones is 2. The van der Waals surface area contributed by atoms with Gasteiger partial charge in [0.15, 0.2) is 0 Å². The van der Waals surface area contributed by atoms with Gasteiger partial charge in [-0.05, 0) is 73.5 Å². The maximum Gasteiger partial charge on any atom is 0.305 e. The lowest BCUT2D eigenvalue weighted by Crippen LogP contribution is -2.60. The van der Waals surface area contributed by atoms with E-state index in [1.54, 1.807) is 0 Å². The number of methoxy groups -OCH3 is 1. The summed E-state index contributed by atoms with van der Waals surface area (Å²) in [5.41, 5.74) is -0.536. The number of fused-ring (bicyclic) bond motifs is 5. The van der Waals surface area contributed by atoms with Crippen molar-refractivity contribution in [3.05, 3.63) is 0 Å². The molecule has 184 valence electrons. The lowest BCUT2D eigenvalue weighted by molar-refractivity contribution is -0.172. The number of Topliss-reactive ketones (excluding diaryl/α,β-unsaturated/α-hetero) is 2. The Kier molecular flexibility index (Phi) is 6.52. The average molecular weight is 461 g/mol. The lowest BCUT2D eigenvalue weighted by atomic mass is 9.43. The topological polar surface area (TPSA) is 86.7 Å². The number of carbonyl (C=O) groups is 4. The van der Waals surface area contributed by atoms with Crippen LogP contribution in [0, 0.1) is 46.3 Å². The summed E-state index contributed by atoms with van der Waals surface area (Å²) in [7, 11) is 1.41. The summed E-state index contributed by atoms with van der Waals surface area (Å²) in [6, 6.07) is 0. The molecular weight excluding hydrogens is 420 g/mol. The van der Waals surface area contributed by atoms with Gasteiger partial charge >= 0.3 is 11.9 Å². The molecule has 4 rings (SSSR count). The van der Waals surface area contributed by atoms with Crippen LogP contribution in [-0.2, 0) is 28.7 Å². The highest BCUT2D eigenvalue weighted by molar-refractivity contribution is 5.92. The van der Waals surface area contributed by atoms with Crippen molar-refractivity contribution in [2.45, 2.75) is 91.6 Å². The molecule has 0 saturated heterocycles. The number of carbonyl (C=O) groups excluding carboxylic acids is 4. The highest BCUT2D eigenvalue weighted by Crippen LogP contribution is 2.66. The summed E-state index contributed by atoms with van der Waals surface area (Å²) < 4.78 is 10.3. The quantitative estimate of drug-likeness (QED) is 0.561. The minimum absolute atomic E-state index is 0.0444. The summed E-state index contributed by atoms with van der Waals surface area (Å²) in [5, 5.41) is 0. The van der Waals surface area contributed by atoms with Crippen LogP contribution in [-0.4, -0.2) is 36.7 Å². The predicted octanol–water partition coefficient (Wildman–Crippen LogP) is 4.52. The van der Waals surface area contributed by atoms with Crippen molar-refractivity contribution in [3.8, 4) is 0 Å². The molecule has 0 aromatic carbocycles. The summed E-state index contributed by atoms with van der Waals surface area (Å²) in [5.74, 6) is 0.945. The first-order chi connectivity index (χ1) is 15.5. The molecule has 0 N–H and O–H groups in total. The first-order valence-electron chi connectivity index (χ1n) is 12.8. The average Bonchev–Trinajstić information content (AvgIpc) is 3.11. The van der Waals surface area contributed by atoms with Gasteiger partial charge < -0.3 is 9.47 Å². The maximum atomic E-state index is 13.8. The number of rotatable bonds is 5. The van der Waals surface area contributed by atoms with Gasteiger partial charge in [-0.25, -0.2) is 0 Å². The maximum absolute atomic E-state index is 13.8. The van der Waals surface area contributed by atoms with Crippen molar-refractivity contribution in [2.24, 2.45) is 46.3 Å². The van der Waals surface area contributed by atoms with E-state index in [1.165, 1.54) is 14.0 Å². The third-order valence-corrected chi connectivity index (χ3v) is 10.4. The summed E-state index contributed by atoms with van der Waals surface area (Å²) in [4.78, 5) is 50.6. The monoisotopic (exact) mass is 460 g/mol. The SMILES string of the molecule is COC(=O)CC[C@@H](C)[C@@H]1CC[C@@H]2[C@@H]3C(=O)C[C@@H]4C[C@H](OC(C)=O)CC[C@]4(C)[C@@H]3CC(=O)[C@]21C. The van der Waals surface area contributed by atoms with E-state index in [9.17, 15) is 19.2 Å². The second kappa shape index (κ2) is 8.81. The molecule has 9 atom stereocenters. The van der Waals surface area contributed by atoms with Crippen LogP contribution in [0.2, 0.25) is 0 Å². The standard InChI is InChI=1S/C27H40O6/c1-15(6-9-24(31)32-5)19-7-8-20-25-21(14-23(30)27(19,20)4)26(3)11-10-18(33-16(2)28)12-17(26)13-22(25)29/h15,17-21,25H,6-14H2,1-5H3/t15-,17+,18-,19+,20-,21-,25+,26+,27+/m1/s1. The molecule has 0 bridgehead atoms. The fourth-order valence-corrected chi connectivity index (χ4v) is 8.55. The van der Waals surface area contributed by atoms with Crippen LogP contribution >= 0.6 is 0 Å². The molecule has 0 aliphatic heterocycles. The molecule has 4 saturated carbocycles. The molecule has 4 aliphatic rings. The Morgan fingerprint density at radius 1 is 1.09 bits per heavy atom. The molecule has 4 fully saturated rings. The van der Waals surface area contributed by atoms with Crippen molar-refractivity contribution in [1.82, 2.24) is 0 Å². The molecule has 33 heavy (non-hydrogen) atoms. The molecule has 6 nitrogen and oxygen atoms in total. The normalized spacial score (nSPS) is 43.2. The number of hydrogen-bond donors (Lipinski definition) is 0. The molecule has 0 amide bonds. The number of esters is 2. The number of ether oxygens (including phenoxy) is 2. The Morgan fingerprint density at radius 3 is 2.48 bits per heavy atom. The van der Waals surface area contributed by atoms with E-state index in [2.05, 4.69) is 20.8 Å². The molecule has 4 aliphatic carbocycles. The van der Waals surface area contributed by atoms with Crippen LogP contribution in [0.25, 0.3) is 0 Å². The van der Waals surface area contributed by atoms with E-state index < -0.39 is 5.41 Å².